The van der Waals surface area contributed by atoms with E-state index < -0.39 is 0 Å². The zero-order valence-corrected chi connectivity index (χ0v) is 15.1. The summed E-state index contributed by atoms with van der Waals surface area (Å²) in [5.74, 6) is 1.79. The summed E-state index contributed by atoms with van der Waals surface area (Å²) in [6.07, 6.45) is 1.90. The van der Waals surface area contributed by atoms with Crippen molar-refractivity contribution in [1.29, 1.82) is 0 Å². The van der Waals surface area contributed by atoms with E-state index in [0.29, 0.717) is 17.9 Å². The summed E-state index contributed by atoms with van der Waals surface area (Å²) >= 11 is 5.27. The summed E-state index contributed by atoms with van der Waals surface area (Å²) in [5.41, 5.74) is 5.63. The van der Waals surface area contributed by atoms with Crippen LogP contribution in [-0.4, -0.2) is 14.9 Å². The first-order chi connectivity index (χ1) is 12.3. The molecule has 0 aliphatic carbocycles. The normalized spacial score (nSPS) is 10.6. The summed E-state index contributed by atoms with van der Waals surface area (Å²) in [6, 6.07) is 18.2. The monoisotopic (exact) mass is 354 g/mol. The molecule has 0 bridgehead atoms. The van der Waals surface area contributed by atoms with Gasteiger partial charge in [0, 0.05) is 6.42 Å². The minimum atomic E-state index is 0.572. The minimum Gasteiger partial charge on any atom is -0.489 e. The molecule has 0 aliphatic heterocycles. The van der Waals surface area contributed by atoms with Crippen molar-refractivity contribution < 1.29 is 4.74 Å². The molecule has 0 aliphatic rings. The van der Waals surface area contributed by atoms with Gasteiger partial charge in [0.15, 0.2) is 5.82 Å². The van der Waals surface area contributed by atoms with Gasteiger partial charge in [-0.15, -0.1) is 0 Å². The molecule has 0 unspecified atom stereocenters. The summed E-state index contributed by atoms with van der Waals surface area (Å²) in [4.78, 5) is 0. The lowest BCUT2D eigenvalue weighted by molar-refractivity contribution is 0.306. The average Bonchev–Trinajstić information content (AvgIpc) is 3.00. The molecule has 1 aromatic heterocycles. The maximum Gasteiger partial charge on any atom is 0.214 e. The summed E-state index contributed by atoms with van der Waals surface area (Å²) in [7, 11) is 0. The third-order valence-electron chi connectivity index (χ3n) is 3.83. The van der Waals surface area contributed by atoms with E-state index in [4.69, 9.17) is 17.0 Å². The van der Waals surface area contributed by atoms with Crippen LogP contribution in [0.3, 0.4) is 0 Å². The molecule has 0 spiro atoms. The van der Waals surface area contributed by atoms with E-state index in [1.54, 1.807) is 0 Å². The molecule has 3 rings (SSSR count). The van der Waals surface area contributed by atoms with Crippen LogP contribution in [-0.2, 0) is 19.6 Å². The molecular formula is C19H22N4OS. The molecule has 3 aromatic rings. The van der Waals surface area contributed by atoms with E-state index >= 15 is 0 Å². The van der Waals surface area contributed by atoms with E-state index in [2.05, 4.69) is 46.8 Å². The van der Waals surface area contributed by atoms with Gasteiger partial charge in [-0.3, -0.25) is 5.10 Å². The van der Waals surface area contributed by atoms with Crippen molar-refractivity contribution in [2.24, 2.45) is 0 Å². The number of rotatable bonds is 8. The van der Waals surface area contributed by atoms with Crippen molar-refractivity contribution in [3.63, 3.8) is 0 Å². The van der Waals surface area contributed by atoms with Crippen LogP contribution in [0.1, 0.15) is 30.3 Å². The Kier molecular flexibility index (Phi) is 5.85. The number of aromatic amines is 1. The van der Waals surface area contributed by atoms with Gasteiger partial charge in [-0.25, -0.2) is 4.68 Å². The molecule has 0 atom stereocenters. The highest BCUT2D eigenvalue weighted by Gasteiger charge is 2.04. The molecule has 0 amide bonds. The fourth-order valence-corrected chi connectivity index (χ4v) is 2.71. The predicted octanol–water partition coefficient (Wildman–Crippen LogP) is 4.22. The fourth-order valence-electron chi connectivity index (χ4n) is 2.50. The quantitative estimate of drug-likeness (QED) is 0.595. The second-order valence-corrected chi connectivity index (χ2v) is 6.17. The number of hydrogen-bond acceptors (Lipinski definition) is 4. The van der Waals surface area contributed by atoms with E-state index in [-0.39, 0.29) is 0 Å². The van der Waals surface area contributed by atoms with Crippen molar-refractivity contribution in [2.45, 2.75) is 32.9 Å². The Balaban J connectivity index is 1.56. The summed E-state index contributed by atoms with van der Waals surface area (Å²) < 4.78 is 8.25. The van der Waals surface area contributed by atoms with Crippen LogP contribution in [0.25, 0.3) is 0 Å². The first kappa shape index (κ1) is 17.2. The molecule has 0 radical (unpaired) electrons. The Labute approximate surface area is 152 Å². The number of hydrogen-bond donors (Lipinski definition) is 2. The average molecular weight is 354 g/mol. The Hall–Kier alpha value is -2.60. The van der Waals surface area contributed by atoms with E-state index in [0.717, 1.165) is 35.5 Å². The molecule has 130 valence electrons. The second kappa shape index (κ2) is 8.48. The lowest BCUT2D eigenvalue weighted by Gasteiger charge is -2.11. The third kappa shape index (κ3) is 4.70. The Morgan fingerprint density at radius 2 is 1.84 bits per heavy atom. The maximum atomic E-state index is 5.81. The number of aryl methyl sites for hydroxylation is 1. The SMILES string of the molecule is CCCc1n[nH]c(=S)n1NCc1ccc(OCc2ccccc2)cc1. The summed E-state index contributed by atoms with van der Waals surface area (Å²) in [6.45, 7) is 3.36. The van der Waals surface area contributed by atoms with Crippen molar-refractivity contribution >= 4 is 12.2 Å². The van der Waals surface area contributed by atoms with Crippen molar-refractivity contribution in [2.75, 3.05) is 5.43 Å². The van der Waals surface area contributed by atoms with Crippen LogP contribution in [0, 0.1) is 4.77 Å². The number of H-pyrrole nitrogens is 1. The Morgan fingerprint density at radius 3 is 2.56 bits per heavy atom. The van der Waals surface area contributed by atoms with Gasteiger partial charge < -0.3 is 10.2 Å². The van der Waals surface area contributed by atoms with Crippen LogP contribution in [0.5, 0.6) is 5.75 Å². The van der Waals surface area contributed by atoms with Gasteiger partial charge in [-0.05, 0) is 41.9 Å². The van der Waals surface area contributed by atoms with Crippen molar-refractivity contribution in [1.82, 2.24) is 14.9 Å². The van der Waals surface area contributed by atoms with Gasteiger partial charge in [0.1, 0.15) is 12.4 Å². The zero-order valence-electron chi connectivity index (χ0n) is 14.2. The van der Waals surface area contributed by atoms with Crippen LogP contribution < -0.4 is 10.2 Å². The topological polar surface area (TPSA) is 54.9 Å². The molecule has 6 heteroatoms. The minimum absolute atomic E-state index is 0.572. The lowest BCUT2D eigenvalue weighted by atomic mass is 10.2. The van der Waals surface area contributed by atoms with Crippen LogP contribution in [0.15, 0.2) is 54.6 Å². The summed E-state index contributed by atoms with van der Waals surface area (Å²) in [5, 5.41) is 7.08. The van der Waals surface area contributed by atoms with Gasteiger partial charge in [-0.2, -0.15) is 5.10 Å². The molecule has 5 nitrogen and oxygen atoms in total. The molecule has 0 fully saturated rings. The maximum absolute atomic E-state index is 5.81. The smallest absolute Gasteiger partial charge is 0.214 e. The Morgan fingerprint density at radius 1 is 1.08 bits per heavy atom. The van der Waals surface area contributed by atoms with Crippen LogP contribution in [0.4, 0.5) is 0 Å². The largest absolute Gasteiger partial charge is 0.489 e. The zero-order chi connectivity index (χ0) is 17.5. The van der Waals surface area contributed by atoms with Crippen LogP contribution >= 0.6 is 12.2 Å². The second-order valence-electron chi connectivity index (χ2n) is 5.78. The van der Waals surface area contributed by atoms with Gasteiger partial charge >= 0.3 is 0 Å². The van der Waals surface area contributed by atoms with Crippen molar-refractivity contribution in [3.8, 4) is 5.75 Å². The van der Waals surface area contributed by atoms with Gasteiger partial charge in [0.05, 0.1) is 6.54 Å². The van der Waals surface area contributed by atoms with Crippen LogP contribution in [0.2, 0.25) is 0 Å². The molecule has 1 heterocycles. The standard InChI is InChI=1S/C19H22N4OS/c1-2-6-18-21-22-19(25)23(18)20-13-15-9-11-17(12-10-15)24-14-16-7-4-3-5-8-16/h3-5,7-12,20H,2,6,13-14H2,1H3,(H,22,25). The fraction of sp³-hybridized carbons (Fsp3) is 0.263. The number of aromatic nitrogens is 3. The third-order valence-corrected chi connectivity index (χ3v) is 4.10. The predicted molar refractivity (Wildman–Crippen MR) is 102 cm³/mol. The van der Waals surface area contributed by atoms with Gasteiger partial charge in [0.2, 0.25) is 4.77 Å². The van der Waals surface area contributed by atoms with E-state index in [1.165, 1.54) is 0 Å². The molecule has 2 N–H and O–H groups in total. The van der Waals surface area contributed by atoms with Gasteiger partial charge in [-0.1, -0.05) is 49.4 Å². The molecular weight excluding hydrogens is 332 g/mol. The number of nitrogens with one attached hydrogen (secondary N) is 2. The number of benzene rings is 2. The molecule has 25 heavy (non-hydrogen) atoms. The molecule has 0 saturated carbocycles. The first-order valence-electron chi connectivity index (χ1n) is 8.42. The first-order valence-corrected chi connectivity index (χ1v) is 8.83. The van der Waals surface area contributed by atoms with E-state index in [1.807, 2.05) is 35.0 Å². The number of nitrogens with zero attached hydrogens (tertiary/aromatic N) is 2. The molecule has 0 saturated heterocycles. The molecule has 2 aromatic carbocycles. The van der Waals surface area contributed by atoms with Gasteiger partial charge in [0.25, 0.3) is 0 Å². The Bertz CT molecular complexity index is 840. The van der Waals surface area contributed by atoms with E-state index in [9.17, 15) is 0 Å². The van der Waals surface area contributed by atoms with Crippen molar-refractivity contribution in [3.05, 3.63) is 76.3 Å². The number of ether oxygens (including phenoxy) is 1. The highest BCUT2D eigenvalue weighted by molar-refractivity contribution is 7.71. The highest BCUT2D eigenvalue weighted by atomic mass is 32.1. The highest BCUT2D eigenvalue weighted by Crippen LogP contribution is 2.14. The lowest BCUT2D eigenvalue weighted by Crippen LogP contribution is -2.17.